The zero-order chi connectivity index (χ0) is 17.8. The Balaban J connectivity index is 1.50. The van der Waals surface area contributed by atoms with Crippen LogP contribution < -0.4 is 14.2 Å². The number of rotatable bonds is 6. The van der Waals surface area contributed by atoms with Crippen LogP contribution in [0.4, 0.5) is 0 Å². The zero-order valence-corrected chi connectivity index (χ0v) is 14.2. The number of benzene rings is 2. The number of halogens is 1. The average molecular weight is 363 g/mol. The molecule has 0 aliphatic carbocycles. The third kappa shape index (κ3) is 4.22. The maximum Gasteiger partial charge on any atom is 0.344 e. The average Bonchev–Trinajstić information content (AvgIpc) is 3.08. The molecule has 1 heterocycles. The Morgan fingerprint density at radius 3 is 2.72 bits per heavy atom. The van der Waals surface area contributed by atoms with Crippen molar-refractivity contribution in [3.05, 3.63) is 52.5 Å². The third-order valence-electron chi connectivity index (χ3n) is 3.49. The van der Waals surface area contributed by atoms with Gasteiger partial charge in [-0.1, -0.05) is 17.7 Å². The van der Waals surface area contributed by atoms with Crippen LogP contribution >= 0.6 is 11.6 Å². The molecule has 7 heteroatoms. The molecule has 0 amide bonds. The summed E-state index contributed by atoms with van der Waals surface area (Å²) in [5.74, 6) is 0.458. The molecule has 1 aliphatic heterocycles. The summed E-state index contributed by atoms with van der Waals surface area (Å²) >= 11 is 5.98. The number of ketones is 1. The van der Waals surface area contributed by atoms with Crippen LogP contribution in [-0.4, -0.2) is 31.8 Å². The van der Waals surface area contributed by atoms with Gasteiger partial charge in [-0.25, -0.2) is 4.79 Å². The second kappa shape index (κ2) is 7.44. The van der Waals surface area contributed by atoms with E-state index in [2.05, 4.69) is 0 Å². The fourth-order valence-corrected chi connectivity index (χ4v) is 2.37. The highest BCUT2D eigenvalue weighted by molar-refractivity contribution is 6.32. The van der Waals surface area contributed by atoms with Crippen LogP contribution in [0.1, 0.15) is 15.9 Å². The van der Waals surface area contributed by atoms with Gasteiger partial charge in [-0.05, 0) is 42.8 Å². The Bertz CT molecular complexity index is 817. The number of hydrogen-bond acceptors (Lipinski definition) is 6. The van der Waals surface area contributed by atoms with Crippen molar-refractivity contribution in [1.29, 1.82) is 0 Å². The molecule has 0 N–H and O–H groups in total. The largest absolute Gasteiger partial charge is 0.480 e. The minimum absolute atomic E-state index is 0.126. The van der Waals surface area contributed by atoms with Crippen molar-refractivity contribution in [3.8, 4) is 17.2 Å². The second-order valence-corrected chi connectivity index (χ2v) is 5.78. The summed E-state index contributed by atoms with van der Waals surface area (Å²) < 4.78 is 20.7. The molecule has 0 saturated carbocycles. The molecule has 0 unspecified atom stereocenters. The maximum absolute atomic E-state index is 12.1. The first kappa shape index (κ1) is 17.1. The molecule has 25 heavy (non-hydrogen) atoms. The van der Waals surface area contributed by atoms with E-state index in [4.69, 9.17) is 30.5 Å². The van der Waals surface area contributed by atoms with Gasteiger partial charge < -0.3 is 18.9 Å². The molecule has 0 spiro atoms. The lowest BCUT2D eigenvalue weighted by Crippen LogP contribution is -2.19. The molecule has 2 aromatic carbocycles. The molecule has 0 radical (unpaired) electrons. The third-order valence-corrected chi connectivity index (χ3v) is 3.80. The van der Waals surface area contributed by atoms with Crippen LogP contribution in [0, 0.1) is 6.92 Å². The van der Waals surface area contributed by atoms with Gasteiger partial charge >= 0.3 is 5.97 Å². The van der Waals surface area contributed by atoms with Crippen LogP contribution in [-0.2, 0) is 9.53 Å². The van der Waals surface area contributed by atoms with Crippen LogP contribution in [0.5, 0.6) is 17.2 Å². The molecule has 1 aliphatic rings. The number of ether oxygens (including phenoxy) is 4. The van der Waals surface area contributed by atoms with Crippen molar-refractivity contribution in [2.75, 3.05) is 20.0 Å². The number of Topliss-reactive ketones (excluding diaryl/α,β-unsaturated/α-hetero) is 1. The molecule has 0 atom stereocenters. The van der Waals surface area contributed by atoms with Crippen LogP contribution in [0.3, 0.4) is 0 Å². The highest BCUT2D eigenvalue weighted by atomic mass is 35.5. The summed E-state index contributed by atoms with van der Waals surface area (Å²) in [5.41, 5.74) is 1.32. The van der Waals surface area contributed by atoms with Crippen molar-refractivity contribution < 1.29 is 28.5 Å². The fourth-order valence-electron chi connectivity index (χ4n) is 2.20. The normalized spacial score (nSPS) is 11.9. The van der Waals surface area contributed by atoms with Crippen LogP contribution in [0.15, 0.2) is 36.4 Å². The van der Waals surface area contributed by atoms with Gasteiger partial charge in [-0.2, -0.15) is 0 Å². The van der Waals surface area contributed by atoms with Crippen LogP contribution in [0.2, 0.25) is 5.02 Å². The van der Waals surface area contributed by atoms with Crippen molar-refractivity contribution in [2.45, 2.75) is 6.92 Å². The molecule has 0 fully saturated rings. The lowest BCUT2D eigenvalue weighted by molar-refractivity contribution is -0.144. The lowest BCUT2D eigenvalue weighted by atomic mass is 10.1. The Morgan fingerprint density at radius 1 is 1.08 bits per heavy atom. The summed E-state index contributed by atoms with van der Waals surface area (Å²) in [6.07, 6.45) is 0. The molecular weight excluding hydrogens is 348 g/mol. The smallest absolute Gasteiger partial charge is 0.344 e. The topological polar surface area (TPSA) is 71.1 Å². The molecule has 0 bridgehead atoms. The molecular formula is C18H15ClO6. The van der Waals surface area contributed by atoms with E-state index in [1.54, 1.807) is 30.3 Å². The first-order valence-corrected chi connectivity index (χ1v) is 7.88. The lowest BCUT2D eigenvalue weighted by Gasteiger charge is -2.09. The van der Waals surface area contributed by atoms with E-state index in [1.807, 2.05) is 13.0 Å². The second-order valence-electron chi connectivity index (χ2n) is 5.37. The number of esters is 1. The SMILES string of the molecule is Cc1ccc(Cl)c(OCC(=O)OCC(=O)c2ccc3c(c2)OCO3)c1. The Labute approximate surface area is 149 Å². The van der Waals surface area contributed by atoms with Gasteiger partial charge in [0.2, 0.25) is 6.79 Å². The van der Waals surface area contributed by atoms with E-state index in [-0.39, 0.29) is 25.8 Å². The van der Waals surface area contributed by atoms with Gasteiger partial charge in [0, 0.05) is 5.56 Å². The summed E-state index contributed by atoms with van der Waals surface area (Å²) in [7, 11) is 0. The van der Waals surface area contributed by atoms with E-state index >= 15 is 0 Å². The van der Waals surface area contributed by atoms with Crippen molar-refractivity contribution >= 4 is 23.4 Å². The summed E-state index contributed by atoms with van der Waals surface area (Å²) in [6.45, 7) is 1.29. The summed E-state index contributed by atoms with van der Waals surface area (Å²) in [6, 6.07) is 10.0. The number of aryl methyl sites for hydroxylation is 1. The number of fused-ring (bicyclic) bond motifs is 1. The molecule has 130 valence electrons. The van der Waals surface area contributed by atoms with E-state index in [0.29, 0.717) is 27.8 Å². The summed E-state index contributed by atoms with van der Waals surface area (Å²) in [4.78, 5) is 23.8. The Hall–Kier alpha value is -2.73. The minimum atomic E-state index is -0.660. The highest BCUT2D eigenvalue weighted by Gasteiger charge is 2.17. The Kier molecular flexibility index (Phi) is 5.09. The van der Waals surface area contributed by atoms with E-state index in [0.717, 1.165) is 5.56 Å². The standard InChI is InChI=1S/C18H15ClO6/c1-11-2-4-13(19)16(6-11)22-9-18(21)23-8-14(20)12-3-5-15-17(7-12)25-10-24-15/h2-7H,8-10H2,1H3. The van der Waals surface area contributed by atoms with Crippen molar-refractivity contribution in [2.24, 2.45) is 0 Å². The molecule has 0 aromatic heterocycles. The van der Waals surface area contributed by atoms with Gasteiger partial charge in [0.1, 0.15) is 5.75 Å². The van der Waals surface area contributed by atoms with E-state index in [9.17, 15) is 9.59 Å². The van der Waals surface area contributed by atoms with E-state index in [1.165, 1.54) is 0 Å². The predicted octanol–water partition coefficient (Wildman–Crippen LogP) is 3.18. The molecule has 3 rings (SSSR count). The van der Waals surface area contributed by atoms with E-state index < -0.39 is 5.97 Å². The monoisotopic (exact) mass is 362 g/mol. The molecule has 6 nitrogen and oxygen atoms in total. The first-order chi connectivity index (χ1) is 12.0. The quantitative estimate of drug-likeness (QED) is 0.580. The van der Waals surface area contributed by atoms with Crippen LogP contribution in [0.25, 0.3) is 0 Å². The predicted molar refractivity (Wildman–Crippen MR) is 89.5 cm³/mol. The van der Waals surface area contributed by atoms with Gasteiger partial charge in [0.25, 0.3) is 0 Å². The minimum Gasteiger partial charge on any atom is -0.480 e. The number of hydrogen-bond donors (Lipinski definition) is 0. The highest BCUT2D eigenvalue weighted by Crippen LogP contribution is 2.32. The van der Waals surface area contributed by atoms with Gasteiger partial charge in [0.15, 0.2) is 30.5 Å². The molecule has 2 aromatic rings. The van der Waals surface area contributed by atoms with Gasteiger partial charge in [-0.3, -0.25) is 4.79 Å². The summed E-state index contributed by atoms with van der Waals surface area (Å²) in [5, 5.41) is 0.398. The first-order valence-electron chi connectivity index (χ1n) is 7.50. The zero-order valence-electron chi connectivity index (χ0n) is 13.4. The number of carbonyl (C=O) groups excluding carboxylic acids is 2. The number of carbonyl (C=O) groups is 2. The van der Waals surface area contributed by atoms with Crippen molar-refractivity contribution in [3.63, 3.8) is 0 Å². The van der Waals surface area contributed by atoms with Gasteiger partial charge in [-0.15, -0.1) is 0 Å². The van der Waals surface area contributed by atoms with Gasteiger partial charge in [0.05, 0.1) is 5.02 Å². The fraction of sp³-hybridized carbons (Fsp3) is 0.222. The Morgan fingerprint density at radius 2 is 1.88 bits per heavy atom. The van der Waals surface area contributed by atoms with Crippen molar-refractivity contribution in [1.82, 2.24) is 0 Å². The maximum atomic E-state index is 12.1. The molecule has 0 saturated heterocycles.